The molecule has 1 saturated heterocycles. The Hall–Kier alpha value is -2.47. The molecule has 3 aromatic rings. The maximum atomic E-state index is 13.3. The van der Waals surface area contributed by atoms with Crippen LogP contribution in [-0.2, 0) is 0 Å². The second-order valence-electron chi connectivity index (χ2n) is 6.20. The van der Waals surface area contributed by atoms with Crippen LogP contribution in [0.15, 0.2) is 42.5 Å². The zero-order valence-corrected chi connectivity index (χ0v) is 14.7. The number of aromatic nitrogens is 1. The van der Waals surface area contributed by atoms with Crippen molar-refractivity contribution in [2.75, 3.05) is 31.1 Å². The Kier molecular flexibility index (Phi) is 4.13. The number of halogens is 1. The van der Waals surface area contributed by atoms with E-state index in [9.17, 15) is 9.18 Å². The van der Waals surface area contributed by atoms with Gasteiger partial charge in [-0.3, -0.25) is 4.79 Å². The largest absolute Gasteiger partial charge is 0.345 e. The fraction of sp³-hybridized carbons (Fsp3) is 0.263. The van der Waals surface area contributed by atoms with Gasteiger partial charge in [-0.25, -0.2) is 9.37 Å². The summed E-state index contributed by atoms with van der Waals surface area (Å²) in [4.78, 5) is 21.4. The summed E-state index contributed by atoms with van der Waals surface area (Å²) in [7, 11) is 0. The van der Waals surface area contributed by atoms with Gasteiger partial charge in [-0.05, 0) is 36.8 Å². The van der Waals surface area contributed by atoms with Crippen LogP contribution in [0.1, 0.15) is 15.9 Å². The number of carbonyl (C=O) groups excluding carboxylic acids is 1. The molecule has 6 heteroatoms. The number of thiazole rings is 1. The molecule has 1 aromatic heterocycles. The first kappa shape index (κ1) is 16.0. The highest BCUT2D eigenvalue weighted by molar-refractivity contribution is 7.22. The van der Waals surface area contributed by atoms with Gasteiger partial charge in [0, 0.05) is 31.7 Å². The molecule has 2 heterocycles. The van der Waals surface area contributed by atoms with Crippen LogP contribution in [0.4, 0.5) is 9.52 Å². The van der Waals surface area contributed by atoms with Crippen LogP contribution in [-0.4, -0.2) is 42.0 Å². The highest BCUT2D eigenvalue weighted by atomic mass is 32.1. The first-order valence-corrected chi connectivity index (χ1v) is 9.09. The molecule has 0 aliphatic carbocycles. The number of nitrogens with zero attached hydrogens (tertiary/aromatic N) is 3. The van der Waals surface area contributed by atoms with Gasteiger partial charge in [-0.15, -0.1) is 0 Å². The van der Waals surface area contributed by atoms with Gasteiger partial charge in [0.2, 0.25) is 0 Å². The lowest BCUT2D eigenvalue weighted by atomic mass is 10.1. The number of fused-ring (bicyclic) bond motifs is 1. The molecule has 2 aromatic carbocycles. The first-order chi connectivity index (χ1) is 12.1. The van der Waals surface area contributed by atoms with Gasteiger partial charge in [0.25, 0.3) is 5.91 Å². The van der Waals surface area contributed by atoms with Crippen molar-refractivity contribution in [3.63, 3.8) is 0 Å². The maximum Gasteiger partial charge on any atom is 0.254 e. The topological polar surface area (TPSA) is 36.4 Å². The predicted octanol–water partition coefficient (Wildman–Crippen LogP) is 3.71. The third kappa shape index (κ3) is 3.09. The van der Waals surface area contributed by atoms with Crippen LogP contribution >= 0.6 is 11.3 Å². The summed E-state index contributed by atoms with van der Waals surface area (Å²) in [5, 5.41) is 0.892. The summed E-state index contributed by atoms with van der Waals surface area (Å²) in [5.74, 6) is -0.152. The van der Waals surface area contributed by atoms with Gasteiger partial charge in [0.15, 0.2) is 5.13 Å². The Balaban J connectivity index is 1.47. The predicted molar refractivity (Wildman–Crippen MR) is 98.9 cm³/mol. The molecule has 128 valence electrons. The molecule has 0 atom stereocenters. The van der Waals surface area contributed by atoms with Gasteiger partial charge in [-0.1, -0.05) is 29.5 Å². The Labute approximate surface area is 149 Å². The molecule has 1 amide bonds. The summed E-state index contributed by atoms with van der Waals surface area (Å²) >= 11 is 1.50. The zero-order valence-electron chi connectivity index (χ0n) is 13.9. The highest BCUT2D eigenvalue weighted by Crippen LogP contribution is 2.30. The van der Waals surface area contributed by atoms with Crippen molar-refractivity contribution in [2.45, 2.75) is 6.92 Å². The minimum atomic E-state index is -0.239. The van der Waals surface area contributed by atoms with Crippen molar-refractivity contribution in [3.05, 3.63) is 59.4 Å². The van der Waals surface area contributed by atoms with Crippen molar-refractivity contribution in [3.8, 4) is 0 Å². The summed E-state index contributed by atoms with van der Waals surface area (Å²) in [6, 6.07) is 12.4. The molecule has 4 rings (SSSR count). The highest BCUT2D eigenvalue weighted by Gasteiger charge is 2.24. The van der Waals surface area contributed by atoms with Crippen LogP contribution in [0.3, 0.4) is 0 Å². The molecular formula is C19H18FN3OS. The van der Waals surface area contributed by atoms with Gasteiger partial charge in [-0.2, -0.15) is 0 Å². The maximum absolute atomic E-state index is 13.3. The molecule has 1 aliphatic rings. The van der Waals surface area contributed by atoms with Gasteiger partial charge >= 0.3 is 0 Å². The Morgan fingerprint density at radius 2 is 1.88 bits per heavy atom. The lowest BCUT2D eigenvalue weighted by Crippen LogP contribution is -2.48. The van der Waals surface area contributed by atoms with E-state index in [1.165, 1.54) is 23.5 Å². The molecule has 25 heavy (non-hydrogen) atoms. The molecule has 0 N–H and O–H groups in total. The minimum Gasteiger partial charge on any atom is -0.345 e. The van der Waals surface area contributed by atoms with Crippen molar-refractivity contribution in [2.24, 2.45) is 0 Å². The normalized spacial score (nSPS) is 15.0. The Morgan fingerprint density at radius 1 is 1.12 bits per heavy atom. The Bertz CT molecular complexity index is 931. The molecule has 1 fully saturated rings. The molecule has 0 saturated carbocycles. The molecule has 0 spiro atoms. The fourth-order valence-corrected chi connectivity index (χ4v) is 4.15. The van der Waals surface area contributed by atoms with E-state index in [2.05, 4.69) is 9.88 Å². The van der Waals surface area contributed by atoms with Crippen LogP contribution < -0.4 is 4.90 Å². The number of anilines is 1. The fourth-order valence-electron chi connectivity index (χ4n) is 3.11. The zero-order chi connectivity index (χ0) is 17.4. The smallest absolute Gasteiger partial charge is 0.254 e. The molecule has 1 aliphatic heterocycles. The van der Waals surface area contributed by atoms with E-state index in [1.807, 2.05) is 36.1 Å². The minimum absolute atomic E-state index is 0.0871. The number of carbonyl (C=O) groups is 1. The van der Waals surface area contributed by atoms with Crippen molar-refractivity contribution in [1.29, 1.82) is 0 Å². The quantitative estimate of drug-likeness (QED) is 0.703. The lowest BCUT2D eigenvalue weighted by Gasteiger charge is -2.34. The molecule has 4 nitrogen and oxygen atoms in total. The lowest BCUT2D eigenvalue weighted by molar-refractivity contribution is 0.0746. The van der Waals surface area contributed by atoms with Crippen LogP contribution in [0.5, 0.6) is 0 Å². The van der Waals surface area contributed by atoms with E-state index >= 15 is 0 Å². The number of amides is 1. The standard InChI is InChI=1S/C19H18FN3OS/c1-13-4-2-3-5-15(13)18(24)22-8-10-23(11-9-22)19-21-16-7-6-14(20)12-17(16)25-19/h2-7,12H,8-11H2,1H3. The Morgan fingerprint density at radius 3 is 2.64 bits per heavy atom. The third-order valence-corrected chi connectivity index (χ3v) is 5.63. The van der Waals surface area contributed by atoms with E-state index in [0.717, 1.165) is 39.6 Å². The van der Waals surface area contributed by atoms with E-state index in [-0.39, 0.29) is 11.7 Å². The number of rotatable bonds is 2. The van der Waals surface area contributed by atoms with Crippen LogP contribution in [0.25, 0.3) is 10.2 Å². The van der Waals surface area contributed by atoms with Crippen molar-refractivity contribution >= 4 is 32.6 Å². The molecule has 0 radical (unpaired) electrons. The van der Waals surface area contributed by atoms with E-state index in [4.69, 9.17) is 0 Å². The number of benzene rings is 2. The van der Waals surface area contributed by atoms with E-state index < -0.39 is 0 Å². The van der Waals surface area contributed by atoms with E-state index in [0.29, 0.717) is 13.1 Å². The molecule has 0 unspecified atom stereocenters. The third-order valence-electron chi connectivity index (χ3n) is 4.55. The number of aryl methyl sites for hydroxylation is 1. The second-order valence-corrected chi connectivity index (χ2v) is 7.21. The summed E-state index contributed by atoms with van der Waals surface area (Å²) in [5.41, 5.74) is 2.59. The molecular weight excluding hydrogens is 337 g/mol. The summed E-state index contributed by atoms with van der Waals surface area (Å²) in [6.07, 6.45) is 0. The van der Waals surface area contributed by atoms with Crippen molar-refractivity contribution < 1.29 is 9.18 Å². The molecule has 0 bridgehead atoms. The van der Waals surface area contributed by atoms with Crippen molar-refractivity contribution in [1.82, 2.24) is 9.88 Å². The van der Waals surface area contributed by atoms with Crippen LogP contribution in [0.2, 0.25) is 0 Å². The van der Waals surface area contributed by atoms with Gasteiger partial charge in [0.05, 0.1) is 10.2 Å². The van der Waals surface area contributed by atoms with Gasteiger partial charge < -0.3 is 9.80 Å². The summed E-state index contributed by atoms with van der Waals surface area (Å²) < 4.78 is 14.2. The van der Waals surface area contributed by atoms with E-state index in [1.54, 1.807) is 6.07 Å². The number of piperazine rings is 1. The average molecular weight is 355 g/mol. The second kappa shape index (κ2) is 6.44. The summed E-state index contributed by atoms with van der Waals surface area (Å²) in [6.45, 7) is 4.76. The SMILES string of the molecule is Cc1ccccc1C(=O)N1CCN(c2nc3ccc(F)cc3s2)CC1. The number of hydrogen-bond acceptors (Lipinski definition) is 4. The van der Waals surface area contributed by atoms with Gasteiger partial charge in [0.1, 0.15) is 5.82 Å². The number of hydrogen-bond donors (Lipinski definition) is 0. The monoisotopic (exact) mass is 355 g/mol. The average Bonchev–Trinajstić information content (AvgIpc) is 3.05. The van der Waals surface area contributed by atoms with Crippen LogP contribution in [0, 0.1) is 12.7 Å². The first-order valence-electron chi connectivity index (χ1n) is 8.28.